The van der Waals surface area contributed by atoms with Gasteiger partial charge in [0, 0.05) is 30.9 Å². The molecule has 1 saturated heterocycles. The summed E-state index contributed by atoms with van der Waals surface area (Å²) in [7, 11) is 0. The van der Waals surface area contributed by atoms with E-state index in [0.717, 1.165) is 48.7 Å². The zero-order valence-corrected chi connectivity index (χ0v) is 17.2. The number of hydrogen-bond donors (Lipinski definition) is 2. The molecule has 7 heteroatoms. The maximum absolute atomic E-state index is 9.93. The third-order valence-corrected chi connectivity index (χ3v) is 6.37. The molecule has 3 rings (SSSR count). The molecule has 0 amide bonds. The largest absolute Gasteiger partial charge is 0.390 e. The smallest absolute Gasteiger partial charge is 0.153 e. The second-order valence-electron chi connectivity index (χ2n) is 7.77. The molecule has 1 aliphatic heterocycles. The molecule has 2 aromatic rings. The lowest BCUT2D eigenvalue weighted by Gasteiger charge is -2.42. The Labute approximate surface area is 165 Å². The molecule has 2 aromatic heterocycles. The number of piperidine rings is 1. The molecule has 0 radical (unpaired) electrons. The van der Waals surface area contributed by atoms with Crippen LogP contribution < -0.4 is 10.6 Å². The van der Waals surface area contributed by atoms with Crippen LogP contribution in [0.2, 0.25) is 5.02 Å². The Morgan fingerprint density at radius 3 is 2.52 bits per heavy atom. The zero-order valence-electron chi connectivity index (χ0n) is 16.5. The summed E-state index contributed by atoms with van der Waals surface area (Å²) in [6.07, 6.45) is 3.70. The lowest BCUT2D eigenvalue weighted by atomic mass is 9.75. The minimum Gasteiger partial charge on any atom is -0.390 e. The Hall–Kier alpha value is -1.76. The highest BCUT2D eigenvalue weighted by molar-refractivity contribution is 6.33. The molecule has 1 unspecified atom stereocenters. The standard InChI is InChI=1S/C20H28ClN5O/c1-12-17(21)15(5-8-23-12)18-13(2)24-19(16(11-27)25-18)26-9-6-20(4,7-10-26)14(3)22/h5,8,14,27H,6-7,9-11,22H2,1-4H3. The van der Waals surface area contributed by atoms with Gasteiger partial charge in [-0.25, -0.2) is 9.97 Å². The number of aromatic nitrogens is 3. The van der Waals surface area contributed by atoms with Gasteiger partial charge in [0.1, 0.15) is 5.69 Å². The zero-order chi connectivity index (χ0) is 19.8. The van der Waals surface area contributed by atoms with Gasteiger partial charge in [-0.2, -0.15) is 0 Å². The lowest BCUT2D eigenvalue weighted by Crippen LogP contribution is -2.47. The summed E-state index contributed by atoms with van der Waals surface area (Å²) in [5, 5.41) is 10.5. The van der Waals surface area contributed by atoms with Gasteiger partial charge in [0.05, 0.1) is 28.7 Å². The number of aryl methyl sites for hydroxylation is 2. The van der Waals surface area contributed by atoms with Crippen LogP contribution in [0.5, 0.6) is 0 Å². The van der Waals surface area contributed by atoms with Crippen molar-refractivity contribution in [3.8, 4) is 11.3 Å². The maximum Gasteiger partial charge on any atom is 0.153 e. The van der Waals surface area contributed by atoms with Crippen LogP contribution >= 0.6 is 11.6 Å². The monoisotopic (exact) mass is 389 g/mol. The molecule has 0 aliphatic carbocycles. The van der Waals surface area contributed by atoms with E-state index in [1.807, 2.05) is 19.9 Å². The van der Waals surface area contributed by atoms with E-state index in [0.29, 0.717) is 16.4 Å². The van der Waals surface area contributed by atoms with E-state index in [9.17, 15) is 5.11 Å². The molecule has 6 nitrogen and oxygen atoms in total. The number of pyridine rings is 1. The van der Waals surface area contributed by atoms with Crippen LogP contribution in [-0.2, 0) is 6.61 Å². The van der Waals surface area contributed by atoms with Gasteiger partial charge >= 0.3 is 0 Å². The summed E-state index contributed by atoms with van der Waals surface area (Å²) in [5.74, 6) is 0.757. The summed E-state index contributed by atoms with van der Waals surface area (Å²) >= 11 is 6.43. The van der Waals surface area contributed by atoms with Crippen LogP contribution in [0.1, 0.15) is 43.8 Å². The van der Waals surface area contributed by atoms with Crippen LogP contribution in [0.15, 0.2) is 12.3 Å². The number of anilines is 1. The average Bonchev–Trinajstić information content (AvgIpc) is 2.64. The summed E-state index contributed by atoms with van der Waals surface area (Å²) in [4.78, 5) is 15.9. The van der Waals surface area contributed by atoms with Gasteiger partial charge in [0.2, 0.25) is 0 Å². The van der Waals surface area contributed by atoms with E-state index < -0.39 is 0 Å². The van der Waals surface area contributed by atoms with Crippen molar-refractivity contribution < 1.29 is 5.11 Å². The molecule has 3 N–H and O–H groups in total. The Balaban J connectivity index is 1.95. The van der Waals surface area contributed by atoms with Crippen molar-refractivity contribution in [1.82, 2.24) is 15.0 Å². The van der Waals surface area contributed by atoms with E-state index in [1.54, 1.807) is 6.20 Å². The fraction of sp³-hybridized carbons (Fsp3) is 0.550. The molecule has 0 bridgehead atoms. The first kappa shape index (κ1) is 20.0. The highest BCUT2D eigenvalue weighted by Crippen LogP contribution is 2.37. The topological polar surface area (TPSA) is 88.2 Å². The molecule has 0 aromatic carbocycles. The summed E-state index contributed by atoms with van der Waals surface area (Å²) in [6, 6.07) is 1.99. The molecule has 0 saturated carbocycles. The molecule has 1 aliphatic rings. The first-order valence-corrected chi connectivity index (χ1v) is 9.75. The van der Waals surface area contributed by atoms with Crippen molar-refractivity contribution in [2.75, 3.05) is 18.0 Å². The first-order valence-electron chi connectivity index (χ1n) is 9.37. The Morgan fingerprint density at radius 1 is 1.26 bits per heavy atom. The summed E-state index contributed by atoms with van der Waals surface area (Å²) in [5.41, 5.74) is 9.90. The third-order valence-electron chi connectivity index (χ3n) is 5.89. The van der Waals surface area contributed by atoms with Crippen molar-refractivity contribution in [1.29, 1.82) is 0 Å². The van der Waals surface area contributed by atoms with E-state index in [2.05, 4.69) is 23.7 Å². The molecule has 1 atom stereocenters. The Bertz CT molecular complexity index is 831. The van der Waals surface area contributed by atoms with Crippen LogP contribution in [0, 0.1) is 19.3 Å². The maximum atomic E-state index is 9.93. The molecular weight excluding hydrogens is 362 g/mol. The second-order valence-corrected chi connectivity index (χ2v) is 8.15. The third kappa shape index (κ3) is 3.79. The SMILES string of the molecule is Cc1nc(N2CCC(C)(C(C)N)CC2)c(CO)nc1-c1ccnc(C)c1Cl. The number of rotatable bonds is 4. The number of halogens is 1. The predicted octanol–water partition coefficient (Wildman–Crippen LogP) is 3.25. The molecule has 1 fully saturated rings. The van der Waals surface area contributed by atoms with Crippen molar-refractivity contribution in [2.24, 2.45) is 11.1 Å². The van der Waals surface area contributed by atoms with Crippen molar-refractivity contribution >= 4 is 17.4 Å². The molecule has 0 spiro atoms. The molecule has 3 heterocycles. The quantitative estimate of drug-likeness (QED) is 0.834. The normalized spacial score (nSPS) is 17.8. The van der Waals surface area contributed by atoms with Crippen LogP contribution in [-0.4, -0.2) is 39.2 Å². The van der Waals surface area contributed by atoms with Gasteiger partial charge in [-0.15, -0.1) is 0 Å². The predicted molar refractivity (Wildman–Crippen MR) is 109 cm³/mol. The van der Waals surface area contributed by atoms with Gasteiger partial charge in [-0.3, -0.25) is 4.98 Å². The Kier molecular flexibility index (Phi) is 5.70. The lowest BCUT2D eigenvalue weighted by molar-refractivity contribution is 0.204. The highest BCUT2D eigenvalue weighted by atomic mass is 35.5. The molecule has 146 valence electrons. The van der Waals surface area contributed by atoms with Crippen molar-refractivity contribution in [3.63, 3.8) is 0 Å². The van der Waals surface area contributed by atoms with Gasteiger partial charge in [-0.05, 0) is 45.1 Å². The van der Waals surface area contributed by atoms with Crippen LogP contribution in [0.4, 0.5) is 5.82 Å². The minimum atomic E-state index is -0.168. The highest BCUT2D eigenvalue weighted by Gasteiger charge is 2.34. The number of aliphatic hydroxyl groups is 1. The van der Waals surface area contributed by atoms with E-state index in [4.69, 9.17) is 27.3 Å². The average molecular weight is 390 g/mol. The van der Waals surface area contributed by atoms with Crippen molar-refractivity contribution in [2.45, 2.75) is 53.2 Å². The molecule has 27 heavy (non-hydrogen) atoms. The van der Waals surface area contributed by atoms with E-state index >= 15 is 0 Å². The van der Waals surface area contributed by atoms with Crippen LogP contribution in [0.3, 0.4) is 0 Å². The van der Waals surface area contributed by atoms with Gasteiger partial charge in [0.25, 0.3) is 0 Å². The van der Waals surface area contributed by atoms with Crippen LogP contribution in [0.25, 0.3) is 11.3 Å². The fourth-order valence-corrected chi connectivity index (χ4v) is 3.77. The summed E-state index contributed by atoms with van der Waals surface area (Å²) < 4.78 is 0. The van der Waals surface area contributed by atoms with Gasteiger partial charge in [-0.1, -0.05) is 18.5 Å². The number of nitrogens with zero attached hydrogens (tertiary/aromatic N) is 4. The number of hydrogen-bond acceptors (Lipinski definition) is 6. The second kappa shape index (κ2) is 7.70. The minimum absolute atomic E-state index is 0.139. The van der Waals surface area contributed by atoms with E-state index in [1.165, 1.54) is 0 Å². The molecular formula is C20H28ClN5O. The Morgan fingerprint density at radius 2 is 1.93 bits per heavy atom. The summed E-state index contributed by atoms with van der Waals surface area (Å²) in [6.45, 7) is 9.65. The fourth-order valence-electron chi connectivity index (χ4n) is 3.57. The first-order chi connectivity index (χ1) is 12.8. The van der Waals surface area contributed by atoms with Gasteiger partial charge < -0.3 is 15.7 Å². The van der Waals surface area contributed by atoms with E-state index in [-0.39, 0.29) is 18.1 Å². The van der Waals surface area contributed by atoms with Gasteiger partial charge in [0.15, 0.2) is 5.82 Å². The number of nitrogens with two attached hydrogens (primary N) is 1. The van der Waals surface area contributed by atoms with Crippen molar-refractivity contribution in [3.05, 3.63) is 34.4 Å². The number of aliphatic hydroxyl groups excluding tert-OH is 1.